The third kappa shape index (κ3) is 3.98. The number of benzene rings is 1. The van der Waals surface area contributed by atoms with Crippen LogP contribution in [0, 0.1) is 20.8 Å². The molecule has 0 spiro atoms. The Labute approximate surface area is 169 Å². The molecule has 3 atom stereocenters. The zero-order valence-electron chi connectivity index (χ0n) is 18.2. The topological polar surface area (TPSA) is 54.0 Å². The van der Waals surface area contributed by atoms with E-state index in [1.54, 1.807) is 14.2 Å². The third-order valence-corrected chi connectivity index (χ3v) is 6.74. The van der Waals surface area contributed by atoms with Crippen molar-refractivity contribution >= 4 is 11.7 Å². The molecule has 1 saturated heterocycles. The predicted molar refractivity (Wildman–Crippen MR) is 112 cm³/mol. The van der Waals surface area contributed by atoms with Gasteiger partial charge in [-0.3, -0.25) is 4.90 Å². The Hall–Kier alpha value is -1.79. The summed E-state index contributed by atoms with van der Waals surface area (Å²) in [5.41, 5.74) is 4.04. The Balaban J connectivity index is 1.72. The summed E-state index contributed by atoms with van der Waals surface area (Å²) in [5, 5.41) is 3.17. The van der Waals surface area contributed by atoms with E-state index in [0.717, 1.165) is 60.5 Å². The van der Waals surface area contributed by atoms with Gasteiger partial charge >= 0.3 is 6.03 Å². The molecule has 156 valence electrons. The van der Waals surface area contributed by atoms with Gasteiger partial charge in [0.25, 0.3) is 0 Å². The first kappa shape index (κ1) is 20.9. The number of likely N-dealkylation sites (tertiary alicyclic amines) is 1. The SMILES string of the molecule is COc1cc(C)c(NC(=O)N(C)[C@@H]2CCC[C@@H]2N2CCC(OC)C2)c(C)c1C. The van der Waals surface area contributed by atoms with Gasteiger partial charge in [-0.15, -0.1) is 0 Å². The number of nitrogens with zero attached hydrogens (tertiary/aromatic N) is 2. The van der Waals surface area contributed by atoms with E-state index in [1.807, 2.05) is 38.8 Å². The van der Waals surface area contributed by atoms with Crippen molar-refractivity contribution in [3.8, 4) is 5.75 Å². The molecule has 1 aliphatic heterocycles. The van der Waals surface area contributed by atoms with Crippen LogP contribution in [0.4, 0.5) is 10.5 Å². The van der Waals surface area contributed by atoms with Crippen LogP contribution in [-0.2, 0) is 4.74 Å². The normalized spacial score (nSPS) is 25.1. The summed E-state index contributed by atoms with van der Waals surface area (Å²) in [4.78, 5) is 17.5. The van der Waals surface area contributed by atoms with Gasteiger partial charge in [-0.25, -0.2) is 4.79 Å². The van der Waals surface area contributed by atoms with Gasteiger partial charge in [-0.2, -0.15) is 0 Å². The van der Waals surface area contributed by atoms with E-state index >= 15 is 0 Å². The third-order valence-electron chi connectivity index (χ3n) is 6.74. The standard InChI is InChI=1S/C22H35N3O3/c1-14-12-20(28-6)15(2)16(3)21(14)23-22(26)24(4)18-8-7-9-19(18)25-11-10-17(13-25)27-5/h12,17-19H,7-11,13H2,1-6H3,(H,23,26)/t17?,18-,19+/m1/s1. The summed E-state index contributed by atoms with van der Waals surface area (Å²) in [6.45, 7) is 8.11. The number of hydrogen-bond donors (Lipinski definition) is 1. The smallest absolute Gasteiger partial charge is 0.321 e. The molecule has 1 N–H and O–H groups in total. The number of ether oxygens (including phenoxy) is 2. The summed E-state index contributed by atoms with van der Waals surface area (Å²) >= 11 is 0. The molecule has 2 aliphatic rings. The molecule has 1 heterocycles. The molecule has 28 heavy (non-hydrogen) atoms. The molecule has 6 heteroatoms. The Morgan fingerprint density at radius 3 is 2.57 bits per heavy atom. The maximum absolute atomic E-state index is 13.1. The molecule has 0 aromatic heterocycles. The van der Waals surface area contributed by atoms with E-state index in [9.17, 15) is 4.79 Å². The van der Waals surface area contributed by atoms with Crippen molar-refractivity contribution in [1.29, 1.82) is 0 Å². The Morgan fingerprint density at radius 2 is 1.93 bits per heavy atom. The van der Waals surface area contributed by atoms with E-state index in [4.69, 9.17) is 9.47 Å². The van der Waals surface area contributed by atoms with Crippen molar-refractivity contribution < 1.29 is 14.3 Å². The Bertz CT molecular complexity index is 721. The van der Waals surface area contributed by atoms with Crippen LogP contribution in [0.2, 0.25) is 0 Å². The lowest BCUT2D eigenvalue weighted by Crippen LogP contribution is -2.50. The lowest BCUT2D eigenvalue weighted by atomic mass is 10.0. The van der Waals surface area contributed by atoms with Gasteiger partial charge in [-0.1, -0.05) is 0 Å². The molecule has 6 nitrogen and oxygen atoms in total. The molecule has 1 aromatic carbocycles. The summed E-state index contributed by atoms with van der Waals surface area (Å²) in [5.74, 6) is 0.860. The molecular weight excluding hydrogens is 354 g/mol. The second-order valence-corrected chi connectivity index (χ2v) is 8.27. The molecule has 1 aromatic rings. The monoisotopic (exact) mass is 389 g/mol. The highest BCUT2D eigenvalue weighted by atomic mass is 16.5. The van der Waals surface area contributed by atoms with E-state index in [0.29, 0.717) is 12.1 Å². The van der Waals surface area contributed by atoms with Crippen molar-refractivity contribution in [2.75, 3.05) is 39.7 Å². The fraction of sp³-hybridized carbons (Fsp3) is 0.682. The molecule has 0 bridgehead atoms. The largest absolute Gasteiger partial charge is 0.496 e. The van der Waals surface area contributed by atoms with Crippen molar-refractivity contribution in [2.45, 2.75) is 64.6 Å². The number of hydrogen-bond acceptors (Lipinski definition) is 4. The first-order valence-electron chi connectivity index (χ1n) is 10.3. The molecule has 1 aliphatic carbocycles. The van der Waals surface area contributed by atoms with E-state index in [-0.39, 0.29) is 12.1 Å². The van der Waals surface area contributed by atoms with Crippen LogP contribution in [-0.4, -0.2) is 68.4 Å². The van der Waals surface area contributed by atoms with Crippen LogP contribution in [0.3, 0.4) is 0 Å². The first-order chi connectivity index (χ1) is 13.4. The minimum Gasteiger partial charge on any atom is -0.496 e. The van der Waals surface area contributed by atoms with Crippen molar-refractivity contribution in [3.05, 3.63) is 22.8 Å². The molecular formula is C22H35N3O3. The number of carbonyl (C=O) groups excluding carboxylic acids is 1. The van der Waals surface area contributed by atoms with Crippen LogP contribution in [0.15, 0.2) is 6.07 Å². The average molecular weight is 390 g/mol. The van der Waals surface area contributed by atoms with Crippen molar-refractivity contribution in [3.63, 3.8) is 0 Å². The number of urea groups is 1. The summed E-state index contributed by atoms with van der Waals surface area (Å²) in [7, 11) is 5.41. The molecule has 1 unspecified atom stereocenters. The zero-order valence-corrected chi connectivity index (χ0v) is 18.2. The molecule has 1 saturated carbocycles. The number of rotatable bonds is 5. The van der Waals surface area contributed by atoms with Gasteiger partial charge in [0.05, 0.1) is 13.2 Å². The molecule has 3 rings (SSSR count). The number of aryl methyl sites for hydroxylation is 1. The fourth-order valence-electron chi connectivity index (χ4n) is 4.84. The minimum absolute atomic E-state index is 0.0323. The molecule has 2 fully saturated rings. The first-order valence-corrected chi connectivity index (χ1v) is 10.3. The summed E-state index contributed by atoms with van der Waals surface area (Å²) < 4.78 is 11.0. The number of methoxy groups -OCH3 is 2. The van der Waals surface area contributed by atoms with Crippen LogP contribution >= 0.6 is 0 Å². The van der Waals surface area contributed by atoms with Gasteiger partial charge in [-0.05, 0) is 69.2 Å². The lowest BCUT2D eigenvalue weighted by Gasteiger charge is -2.35. The highest BCUT2D eigenvalue weighted by Gasteiger charge is 2.39. The second-order valence-electron chi connectivity index (χ2n) is 8.27. The van der Waals surface area contributed by atoms with Gasteiger partial charge in [0.15, 0.2) is 0 Å². The fourth-order valence-corrected chi connectivity index (χ4v) is 4.84. The van der Waals surface area contributed by atoms with Crippen LogP contribution in [0.25, 0.3) is 0 Å². The van der Waals surface area contributed by atoms with Gasteiger partial charge < -0.3 is 19.7 Å². The number of carbonyl (C=O) groups is 1. The van der Waals surface area contributed by atoms with Gasteiger partial charge in [0.1, 0.15) is 5.75 Å². The number of anilines is 1. The highest BCUT2D eigenvalue weighted by molar-refractivity contribution is 5.91. The highest BCUT2D eigenvalue weighted by Crippen LogP contribution is 2.33. The second kappa shape index (κ2) is 8.70. The van der Waals surface area contributed by atoms with E-state index in [2.05, 4.69) is 10.2 Å². The van der Waals surface area contributed by atoms with Crippen LogP contribution in [0.5, 0.6) is 5.75 Å². The number of likely N-dealkylation sites (N-methyl/N-ethyl adjacent to an activating group) is 1. The maximum atomic E-state index is 13.1. The zero-order chi connectivity index (χ0) is 20.4. The van der Waals surface area contributed by atoms with Crippen LogP contribution in [0.1, 0.15) is 42.4 Å². The molecule has 0 radical (unpaired) electrons. The number of nitrogens with one attached hydrogen (secondary N) is 1. The summed E-state index contributed by atoms with van der Waals surface area (Å²) in [6.07, 6.45) is 4.79. The van der Waals surface area contributed by atoms with Crippen molar-refractivity contribution in [1.82, 2.24) is 9.80 Å². The quantitative estimate of drug-likeness (QED) is 0.834. The number of amides is 2. The summed E-state index contributed by atoms with van der Waals surface area (Å²) in [6, 6.07) is 2.63. The van der Waals surface area contributed by atoms with E-state index < -0.39 is 0 Å². The maximum Gasteiger partial charge on any atom is 0.321 e. The Kier molecular flexibility index (Phi) is 6.50. The average Bonchev–Trinajstić information content (AvgIpc) is 3.35. The van der Waals surface area contributed by atoms with E-state index in [1.165, 1.54) is 6.42 Å². The minimum atomic E-state index is -0.0323. The predicted octanol–water partition coefficient (Wildman–Crippen LogP) is 3.73. The van der Waals surface area contributed by atoms with Gasteiger partial charge in [0, 0.05) is 45.0 Å². The lowest BCUT2D eigenvalue weighted by molar-refractivity contribution is 0.0907. The van der Waals surface area contributed by atoms with Crippen molar-refractivity contribution in [2.24, 2.45) is 0 Å². The van der Waals surface area contributed by atoms with Crippen LogP contribution < -0.4 is 10.1 Å². The Morgan fingerprint density at radius 1 is 1.18 bits per heavy atom. The molecule has 2 amide bonds. The van der Waals surface area contributed by atoms with Gasteiger partial charge in [0.2, 0.25) is 0 Å².